The molecule has 1 aliphatic rings. The van der Waals surface area contributed by atoms with E-state index >= 15 is 0 Å². The molecule has 0 bridgehead atoms. The standard InChI is InChI=1S/C20H21BrN4O5S/c21-17-3-1-2-15(12-17)13-23-24-19(26)14-22-20(27)16-4-6-18(7-5-16)31(28,29)25-8-10-30-11-9-25/h1-7,12-13H,8-11,14H2,(H,22,27)(H,24,26)/b23-13+. The van der Waals surface area contributed by atoms with Gasteiger partial charge in [0, 0.05) is 23.1 Å². The lowest BCUT2D eigenvalue weighted by molar-refractivity contribution is -0.120. The van der Waals surface area contributed by atoms with Crippen molar-refractivity contribution in [1.82, 2.24) is 15.0 Å². The third-order valence-electron chi connectivity index (χ3n) is 4.39. The first-order chi connectivity index (χ1) is 14.9. The fourth-order valence-electron chi connectivity index (χ4n) is 2.78. The van der Waals surface area contributed by atoms with Crippen molar-refractivity contribution in [1.29, 1.82) is 0 Å². The molecule has 0 aliphatic carbocycles. The first-order valence-corrected chi connectivity index (χ1v) is 11.6. The maximum absolute atomic E-state index is 12.6. The number of rotatable bonds is 7. The SMILES string of the molecule is O=C(CNC(=O)c1ccc(S(=O)(=O)N2CCOCC2)cc1)N/N=C/c1cccc(Br)c1. The highest BCUT2D eigenvalue weighted by atomic mass is 79.9. The molecule has 2 N–H and O–H groups in total. The van der Waals surface area contributed by atoms with Crippen molar-refractivity contribution >= 4 is 44.0 Å². The molecule has 2 amide bonds. The lowest BCUT2D eigenvalue weighted by atomic mass is 10.2. The van der Waals surface area contributed by atoms with Gasteiger partial charge in [-0.3, -0.25) is 9.59 Å². The number of nitrogens with zero attached hydrogens (tertiary/aromatic N) is 2. The summed E-state index contributed by atoms with van der Waals surface area (Å²) in [6.45, 7) is 1.03. The highest BCUT2D eigenvalue weighted by Gasteiger charge is 2.26. The van der Waals surface area contributed by atoms with Gasteiger partial charge in [-0.2, -0.15) is 9.41 Å². The third-order valence-corrected chi connectivity index (χ3v) is 6.79. The Kier molecular flexibility index (Phi) is 7.91. The average molecular weight is 509 g/mol. The number of sulfonamides is 1. The fourth-order valence-corrected chi connectivity index (χ4v) is 4.61. The van der Waals surface area contributed by atoms with Crippen LogP contribution in [0.3, 0.4) is 0 Å². The number of benzene rings is 2. The van der Waals surface area contributed by atoms with E-state index in [1.807, 2.05) is 24.3 Å². The van der Waals surface area contributed by atoms with Gasteiger partial charge in [0.2, 0.25) is 10.0 Å². The van der Waals surface area contributed by atoms with Gasteiger partial charge in [-0.15, -0.1) is 0 Å². The van der Waals surface area contributed by atoms with Gasteiger partial charge in [-0.1, -0.05) is 28.1 Å². The molecular formula is C20H21BrN4O5S. The zero-order chi connectivity index (χ0) is 22.3. The van der Waals surface area contributed by atoms with E-state index in [0.717, 1.165) is 10.0 Å². The molecule has 31 heavy (non-hydrogen) atoms. The van der Waals surface area contributed by atoms with Crippen LogP contribution in [0.5, 0.6) is 0 Å². The molecule has 11 heteroatoms. The second kappa shape index (κ2) is 10.6. The van der Waals surface area contributed by atoms with Gasteiger partial charge in [0.05, 0.1) is 30.9 Å². The Morgan fingerprint density at radius 1 is 1.13 bits per heavy atom. The number of ether oxygens (including phenoxy) is 1. The molecular weight excluding hydrogens is 488 g/mol. The molecule has 0 saturated carbocycles. The molecule has 0 unspecified atom stereocenters. The van der Waals surface area contributed by atoms with E-state index in [-0.39, 0.29) is 17.0 Å². The summed E-state index contributed by atoms with van der Waals surface area (Å²) in [6.07, 6.45) is 1.48. The van der Waals surface area contributed by atoms with Crippen molar-refractivity contribution in [2.24, 2.45) is 5.10 Å². The van der Waals surface area contributed by atoms with Crippen LogP contribution in [0.25, 0.3) is 0 Å². The molecule has 0 radical (unpaired) electrons. The molecule has 3 rings (SSSR count). The van der Waals surface area contributed by atoms with Crippen LogP contribution >= 0.6 is 15.9 Å². The summed E-state index contributed by atoms with van der Waals surface area (Å²) in [6, 6.07) is 12.9. The number of carbonyl (C=O) groups excluding carboxylic acids is 2. The van der Waals surface area contributed by atoms with Crippen LogP contribution in [0.4, 0.5) is 0 Å². The molecule has 1 aliphatic heterocycles. The summed E-state index contributed by atoms with van der Waals surface area (Å²) in [4.78, 5) is 24.2. The van der Waals surface area contributed by atoms with E-state index in [9.17, 15) is 18.0 Å². The fraction of sp³-hybridized carbons (Fsp3) is 0.250. The highest BCUT2D eigenvalue weighted by Crippen LogP contribution is 2.17. The number of hydrogen-bond donors (Lipinski definition) is 2. The van der Waals surface area contributed by atoms with Crippen LogP contribution in [0, 0.1) is 0 Å². The normalized spacial score (nSPS) is 15.0. The summed E-state index contributed by atoms with van der Waals surface area (Å²) in [5, 5.41) is 6.31. The van der Waals surface area contributed by atoms with Crippen molar-refractivity contribution in [2.45, 2.75) is 4.90 Å². The van der Waals surface area contributed by atoms with Crippen LogP contribution in [-0.4, -0.2) is 63.6 Å². The van der Waals surface area contributed by atoms with Gasteiger partial charge in [0.15, 0.2) is 0 Å². The molecule has 164 valence electrons. The van der Waals surface area contributed by atoms with Gasteiger partial charge >= 0.3 is 0 Å². The van der Waals surface area contributed by atoms with Crippen LogP contribution < -0.4 is 10.7 Å². The number of halogens is 1. The number of amides is 2. The lowest BCUT2D eigenvalue weighted by Gasteiger charge is -2.26. The predicted octanol–water partition coefficient (Wildman–Crippen LogP) is 1.35. The minimum atomic E-state index is -3.63. The molecule has 0 atom stereocenters. The highest BCUT2D eigenvalue weighted by molar-refractivity contribution is 9.10. The van der Waals surface area contributed by atoms with E-state index in [1.54, 1.807) is 0 Å². The molecule has 0 spiro atoms. The minimum absolute atomic E-state index is 0.102. The maximum Gasteiger partial charge on any atom is 0.259 e. The van der Waals surface area contributed by atoms with Crippen LogP contribution in [-0.2, 0) is 19.6 Å². The van der Waals surface area contributed by atoms with Gasteiger partial charge in [-0.25, -0.2) is 13.8 Å². The summed E-state index contributed by atoms with van der Waals surface area (Å²) in [7, 11) is -3.63. The quantitative estimate of drug-likeness (QED) is 0.432. The second-order valence-corrected chi connectivity index (χ2v) is 9.43. The number of morpholine rings is 1. The first-order valence-electron chi connectivity index (χ1n) is 9.40. The van der Waals surface area contributed by atoms with Gasteiger partial charge < -0.3 is 10.1 Å². The third kappa shape index (κ3) is 6.44. The molecule has 1 fully saturated rings. The van der Waals surface area contributed by atoms with E-state index in [4.69, 9.17) is 4.74 Å². The topological polar surface area (TPSA) is 117 Å². The van der Waals surface area contributed by atoms with Gasteiger partial charge in [0.25, 0.3) is 11.8 Å². The molecule has 9 nitrogen and oxygen atoms in total. The molecule has 0 aromatic heterocycles. The van der Waals surface area contributed by atoms with Crippen molar-refractivity contribution < 1.29 is 22.7 Å². The summed E-state index contributed by atoms with van der Waals surface area (Å²) >= 11 is 3.34. The van der Waals surface area contributed by atoms with Crippen LogP contribution in [0.15, 0.2) is 63.0 Å². The Labute approximate surface area is 188 Å². The van der Waals surface area contributed by atoms with Crippen molar-refractivity contribution in [3.05, 3.63) is 64.1 Å². The van der Waals surface area contributed by atoms with E-state index in [0.29, 0.717) is 26.3 Å². The summed E-state index contributed by atoms with van der Waals surface area (Å²) < 4.78 is 32.6. The Morgan fingerprint density at radius 3 is 2.52 bits per heavy atom. The number of nitrogens with one attached hydrogen (secondary N) is 2. The number of hydrogen-bond acceptors (Lipinski definition) is 6. The monoisotopic (exact) mass is 508 g/mol. The number of hydrazone groups is 1. The van der Waals surface area contributed by atoms with Gasteiger partial charge in [0.1, 0.15) is 0 Å². The van der Waals surface area contributed by atoms with E-state index in [1.165, 1.54) is 34.8 Å². The first kappa shape index (κ1) is 23.1. The maximum atomic E-state index is 12.6. The molecule has 1 heterocycles. The molecule has 2 aromatic rings. The van der Waals surface area contributed by atoms with Crippen LogP contribution in [0.1, 0.15) is 15.9 Å². The largest absolute Gasteiger partial charge is 0.379 e. The zero-order valence-corrected chi connectivity index (χ0v) is 18.9. The molecule has 1 saturated heterocycles. The Morgan fingerprint density at radius 2 is 1.84 bits per heavy atom. The van der Waals surface area contributed by atoms with Crippen LogP contribution in [0.2, 0.25) is 0 Å². The summed E-state index contributed by atoms with van der Waals surface area (Å²) in [5.74, 6) is -0.993. The van der Waals surface area contributed by atoms with Gasteiger partial charge in [-0.05, 0) is 42.0 Å². The zero-order valence-electron chi connectivity index (χ0n) is 16.5. The minimum Gasteiger partial charge on any atom is -0.379 e. The Hall–Kier alpha value is -2.60. The molecule has 2 aromatic carbocycles. The predicted molar refractivity (Wildman–Crippen MR) is 118 cm³/mol. The van der Waals surface area contributed by atoms with E-state index in [2.05, 4.69) is 31.8 Å². The smallest absolute Gasteiger partial charge is 0.259 e. The van der Waals surface area contributed by atoms with Crippen molar-refractivity contribution in [3.8, 4) is 0 Å². The van der Waals surface area contributed by atoms with Crippen molar-refractivity contribution in [2.75, 3.05) is 32.8 Å². The second-order valence-electron chi connectivity index (χ2n) is 6.57. The van der Waals surface area contributed by atoms with E-state index < -0.39 is 21.8 Å². The lowest BCUT2D eigenvalue weighted by Crippen LogP contribution is -2.40. The number of carbonyl (C=O) groups is 2. The average Bonchev–Trinajstić information content (AvgIpc) is 2.78. The summed E-state index contributed by atoms with van der Waals surface area (Å²) in [5.41, 5.74) is 3.37. The van der Waals surface area contributed by atoms with Crippen molar-refractivity contribution in [3.63, 3.8) is 0 Å². The Balaban J connectivity index is 1.50. The Bertz CT molecular complexity index is 1070.